The minimum Gasteiger partial charge on any atom is -0.480 e. The van der Waals surface area contributed by atoms with Crippen molar-refractivity contribution in [3.8, 4) is 0 Å². The van der Waals surface area contributed by atoms with Crippen molar-refractivity contribution in [1.29, 1.82) is 0 Å². The van der Waals surface area contributed by atoms with Gasteiger partial charge in [0.25, 0.3) is 0 Å². The Bertz CT molecular complexity index is 335. The van der Waals surface area contributed by atoms with Gasteiger partial charge in [-0.15, -0.1) is 0 Å². The molecule has 19 heavy (non-hydrogen) atoms. The molecule has 0 aromatic heterocycles. The van der Waals surface area contributed by atoms with Crippen molar-refractivity contribution < 1.29 is 43.7 Å². The van der Waals surface area contributed by atoms with Gasteiger partial charge in [-0.25, -0.2) is 4.57 Å². The third kappa shape index (κ3) is 6.92. The van der Waals surface area contributed by atoms with E-state index in [1.807, 2.05) is 0 Å². The first-order chi connectivity index (χ1) is 8.62. The molecular weight excluding hydrogens is 287 g/mol. The van der Waals surface area contributed by atoms with Crippen LogP contribution >= 0.6 is 7.82 Å². The van der Waals surface area contributed by atoms with E-state index in [-0.39, 0.29) is 6.54 Å². The van der Waals surface area contributed by atoms with Gasteiger partial charge < -0.3 is 41.3 Å². The maximum Gasteiger partial charge on any atom is 0.470 e. The van der Waals surface area contributed by atoms with Crippen molar-refractivity contribution in [2.75, 3.05) is 13.2 Å². The van der Waals surface area contributed by atoms with Crippen LogP contribution in [0.3, 0.4) is 0 Å². The molecule has 12 heteroatoms. The van der Waals surface area contributed by atoms with Gasteiger partial charge in [-0.3, -0.25) is 9.32 Å². The molecule has 114 valence electrons. The SMILES string of the molecule is NC1O[C@H](CO)[C@@H](O)[C@H]1OP(=O)(O)O.NCC(=O)O. The smallest absolute Gasteiger partial charge is 0.470 e. The second kappa shape index (κ2) is 7.85. The normalized spacial score (nSPS) is 30.6. The molecule has 9 N–H and O–H groups in total. The highest BCUT2D eigenvalue weighted by molar-refractivity contribution is 7.46. The van der Waals surface area contributed by atoms with Gasteiger partial charge in [-0.2, -0.15) is 0 Å². The minimum atomic E-state index is -4.73. The maximum absolute atomic E-state index is 10.5. The van der Waals surface area contributed by atoms with E-state index in [0.29, 0.717) is 0 Å². The summed E-state index contributed by atoms with van der Waals surface area (Å²) in [6, 6.07) is 0. The van der Waals surface area contributed by atoms with Crippen LogP contribution in [0.5, 0.6) is 0 Å². The van der Waals surface area contributed by atoms with Crippen molar-refractivity contribution in [2.24, 2.45) is 11.5 Å². The van der Waals surface area contributed by atoms with Gasteiger partial charge >= 0.3 is 13.8 Å². The lowest BCUT2D eigenvalue weighted by Gasteiger charge is -2.18. The second-order valence-corrected chi connectivity index (χ2v) is 4.66. The van der Waals surface area contributed by atoms with E-state index in [2.05, 4.69) is 10.3 Å². The highest BCUT2D eigenvalue weighted by Gasteiger charge is 2.45. The first-order valence-corrected chi connectivity index (χ1v) is 6.51. The van der Waals surface area contributed by atoms with Crippen LogP contribution in [0.25, 0.3) is 0 Å². The largest absolute Gasteiger partial charge is 0.480 e. The zero-order valence-corrected chi connectivity index (χ0v) is 10.6. The number of carboxylic acids is 1. The molecule has 0 spiro atoms. The number of aliphatic carboxylic acids is 1. The number of carboxylic acid groups (broad SMARTS) is 1. The van der Waals surface area contributed by atoms with Crippen LogP contribution in [0.2, 0.25) is 0 Å². The van der Waals surface area contributed by atoms with Gasteiger partial charge in [-0.05, 0) is 0 Å². The highest BCUT2D eigenvalue weighted by Crippen LogP contribution is 2.40. The fraction of sp³-hybridized carbons (Fsp3) is 0.857. The van der Waals surface area contributed by atoms with Crippen molar-refractivity contribution in [3.05, 3.63) is 0 Å². The van der Waals surface area contributed by atoms with Gasteiger partial charge in [0.1, 0.15) is 24.5 Å². The average Bonchev–Trinajstić information content (AvgIpc) is 2.55. The van der Waals surface area contributed by atoms with Gasteiger partial charge in [0.2, 0.25) is 0 Å². The Morgan fingerprint density at radius 1 is 1.42 bits per heavy atom. The highest BCUT2D eigenvalue weighted by atomic mass is 31.2. The number of aliphatic hydroxyl groups is 2. The number of rotatable bonds is 4. The first-order valence-electron chi connectivity index (χ1n) is 4.98. The Morgan fingerprint density at radius 3 is 2.16 bits per heavy atom. The predicted molar refractivity (Wildman–Crippen MR) is 59.5 cm³/mol. The lowest BCUT2D eigenvalue weighted by atomic mass is 10.1. The molecule has 4 atom stereocenters. The third-order valence-corrected chi connectivity index (χ3v) is 2.50. The molecule has 1 rings (SSSR count). The second-order valence-electron chi connectivity index (χ2n) is 3.47. The Morgan fingerprint density at radius 2 is 1.89 bits per heavy atom. The van der Waals surface area contributed by atoms with E-state index in [1.54, 1.807) is 0 Å². The molecule has 0 aromatic rings. The number of hydrogen-bond acceptors (Lipinski definition) is 8. The van der Waals surface area contributed by atoms with Crippen molar-refractivity contribution >= 4 is 13.8 Å². The molecule has 1 aliphatic heterocycles. The minimum absolute atomic E-state index is 0.278. The summed E-state index contributed by atoms with van der Waals surface area (Å²) in [6.07, 6.45) is -4.85. The third-order valence-electron chi connectivity index (χ3n) is 1.99. The summed E-state index contributed by atoms with van der Waals surface area (Å²) in [4.78, 5) is 26.2. The van der Waals surface area contributed by atoms with Crippen molar-refractivity contribution in [3.63, 3.8) is 0 Å². The summed E-state index contributed by atoms with van der Waals surface area (Å²) < 4.78 is 19.5. The van der Waals surface area contributed by atoms with Crippen LogP contribution in [0.4, 0.5) is 0 Å². The molecular formula is C7H17N2O9P. The van der Waals surface area contributed by atoms with E-state index in [1.165, 1.54) is 0 Å². The van der Waals surface area contributed by atoms with Crippen LogP contribution in [-0.2, 0) is 18.6 Å². The van der Waals surface area contributed by atoms with Gasteiger partial charge in [0, 0.05) is 0 Å². The monoisotopic (exact) mass is 304 g/mol. The molecule has 1 fully saturated rings. The van der Waals surface area contributed by atoms with Crippen LogP contribution < -0.4 is 11.5 Å². The van der Waals surface area contributed by atoms with E-state index in [4.69, 9.17) is 30.5 Å². The van der Waals surface area contributed by atoms with Crippen LogP contribution in [-0.4, -0.2) is 68.8 Å². The summed E-state index contributed by atoms with van der Waals surface area (Å²) in [7, 11) is -4.73. The average molecular weight is 304 g/mol. The van der Waals surface area contributed by atoms with Gasteiger partial charge in [0.15, 0.2) is 0 Å². The number of carbonyl (C=O) groups is 1. The predicted octanol–water partition coefficient (Wildman–Crippen LogP) is -3.47. The standard InChI is InChI=1S/C5H12NO7P.C2H5NO2/c6-5-4(13-14(9,10)11)3(8)2(1-7)12-5;3-1-2(4)5/h2-5,7-8H,1,6H2,(H2,9,10,11);1,3H2,(H,4,5)/t2-,3-,4-,5?;/m1./s1. The summed E-state index contributed by atoms with van der Waals surface area (Å²) in [6.45, 7) is -0.782. The number of hydrogen-bond donors (Lipinski definition) is 7. The fourth-order valence-corrected chi connectivity index (χ4v) is 1.76. The molecule has 1 unspecified atom stereocenters. The van der Waals surface area contributed by atoms with Crippen molar-refractivity contribution in [1.82, 2.24) is 0 Å². The Kier molecular flexibility index (Phi) is 7.59. The van der Waals surface area contributed by atoms with Crippen LogP contribution in [0.15, 0.2) is 0 Å². The lowest BCUT2D eigenvalue weighted by Crippen LogP contribution is -2.39. The topological polar surface area (TPSA) is 206 Å². The zero-order valence-electron chi connectivity index (χ0n) is 9.69. The molecule has 0 saturated carbocycles. The van der Waals surface area contributed by atoms with Gasteiger partial charge in [-0.1, -0.05) is 0 Å². The molecule has 0 aliphatic carbocycles. The van der Waals surface area contributed by atoms with Gasteiger partial charge in [0.05, 0.1) is 13.2 Å². The van der Waals surface area contributed by atoms with E-state index in [0.717, 1.165) is 0 Å². The Labute approximate surface area is 108 Å². The summed E-state index contributed by atoms with van der Waals surface area (Å²) in [5, 5.41) is 25.6. The van der Waals surface area contributed by atoms with Crippen LogP contribution in [0, 0.1) is 0 Å². The Balaban J connectivity index is 0.000000555. The first kappa shape index (κ1) is 18.4. The van der Waals surface area contributed by atoms with E-state index in [9.17, 15) is 14.5 Å². The number of ether oxygens (including phenoxy) is 1. The molecule has 1 saturated heterocycles. The summed E-state index contributed by atoms with van der Waals surface area (Å²) in [5.41, 5.74) is 9.85. The molecule has 11 nitrogen and oxygen atoms in total. The van der Waals surface area contributed by atoms with Crippen molar-refractivity contribution in [2.45, 2.75) is 24.5 Å². The maximum atomic E-state index is 10.5. The molecule has 0 bridgehead atoms. The lowest BCUT2D eigenvalue weighted by molar-refractivity contribution is -0.135. The molecule has 1 heterocycles. The molecule has 0 amide bonds. The summed E-state index contributed by atoms with van der Waals surface area (Å²) in [5.74, 6) is -0.968. The number of nitrogens with two attached hydrogens (primary N) is 2. The molecule has 0 aromatic carbocycles. The quantitative estimate of drug-likeness (QED) is 0.254. The molecule has 1 aliphatic rings. The van der Waals surface area contributed by atoms with E-state index < -0.39 is 44.9 Å². The number of aliphatic hydroxyl groups excluding tert-OH is 2. The fourth-order valence-electron chi connectivity index (χ4n) is 1.20. The Hall–Kier alpha value is -0.620. The van der Waals surface area contributed by atoms with E-state index >= 15 is 0 Å². The number of phosphoric ester groups is 1. The zero-order chi connectivity index (χ0) is 15.2. The molecule has 0 radical (unpaired) electrons. The number of phosphoric acid groups is 1. The van der Waals surface area contributed by atoms with Crippen LogP contribution in [0.1, 0.15) is 0 Å². The summed E-state index contributed by atoms with van der Waals surface area (Å²) >= 11 is 0.